The van der Waals surface area contributed by atoms with E-state index in [2.05, 4.69) is 5.32 Å². The Labute approximate surface area is 136 Å². The van der Waals surface area contributed by atoms with E-state index in [9.17, 15) is 9.59 Å². The fraction of sp³-hybridized carbons (Fsp3) is 0.529. The molecule has 126 valence electrons. The Bertz CT molecular complexity index is 574. The van der Waals surface area contributed by atoms with Gasteiger partial charge >= 0.3 is 5.97 Å². The van der Waals surface area contributed by atoms with E-state index in [0.717, 1.165) is 17.7 Å². The Kier molecular flexibility index (Phi) is 5.84. The molecule has 1 aliphatic heterocycles. The third-order valence-corrected chi connectivity index (χ3v) is 3.64. The molecule has 0 aliphatic carbocycles. The van der Waals surface area contributed by atoms with Gasteiger partial charge in [0.25, 0.3) is 5.91 Å². The van der Waals surface area contributed by atoms with Crippen molar-refractivity contribution in [2.24, 2.45) is 0 Å². The molecular weight excluding hydrogens is 296 g/mol. The highest BCUT2D eigenvalue weighted by atomic mass is 16.5. The molecule has 6 nitrogen and oxygen atoms in total. The minimum atomic E-state index is -0.634. The van der Waals surface area contributed by atoms with Crippen molar-refractivity contribution < 1.29 is 19.1 Å². The van der Waals surface area contributed by atoms with Gasteiger partial charge in [-0.15, -0.1) is 0 Å². The molecular formula is C17H24N2O4. The first kappa shape index (κ1) is 17.1. The fourth-order valence-electron chi connectivity index (χ4n) is 2.62. The predicted molar refractivity (Wildman–Crippen MR) is 87.7 cm³/mol. The molecule has 23 heavy (non-hydrogen) atoms. The second-order valence-electron chi connectivity index (χ2n) is 5.50. The third-order valence-electron chi connectivity index (χ3n) is 3.64. The SMILES string of the molecule is CCCNC(=O)C1CN(CC(=O)OCC)c2c(C)cccc2O1. The summed E-state index contributed by atoms with van der Waals surface area (Å²) in [5.41, 5.74) is 1.85. The van der Waals surface area contributed by atoms with Gasteiger partial charge in [-0.25, -0.2) is 0 Å². The Morgan fingerprint density at radius 3 is 2.87 bits per heavy atom. The summed E-state index contributed by atoms with van der Waals surface area (Å²) in [6.45, 7) is 7.10. The van der Waals surface area contributed by atoms with Gasteiger partial charge in [0.1, 0.15) is 12.3 Å². The molecule has 0 saturated carbocycles. The van der Waals surface area contributed by atoms with E-state index in [1.54, 1.807) is 6.92 Å². The number of aryl methyl sites for hydroxylation is 1. The van der Waals surface area contributed by atoms with Crippen LogP contribution in [0.5, 0.6) is 5.75 Å². The number of esters is 1. The number of amides is 1. The van der Waals surface area contributed by atoms with Crippen LogP contribution in [-0.4, -0.2) is 44.2 Å². The highest BCUT2D eigenvalue weighted by molar-refractivity contribution is 5.85. The van der Waals surface area contributed by atoms with Crippen molar-refractivity contribution in [3.63, 3.8) is 0 Å². The summed E-state index contributed by atoms with van der Waals surface area (Å²) in [7, 11) is 0. The van der Waals surface area contributed by atoms with E-state index >= 15 is 0 Å². The minimum absolute atomic E-state index is 0.104. The van der Waals surface area contributed by atoms with E-state index < -0.39 is 6.10 Å². The second kappa shape index (κ2) is 7.85. The second-order valence-corrected chi connectivity index (χ2v) is 5.50. The number of hydrogen-bond acceptors (Lipinski definition) is 5. The number of nitrogens with zero attached hydrogens (tertiary/aromatic N) is 1. The van der Waals surface area contributed by atoms with Gasteiger partial charge in [0.2, 0.25) is 0 Å². The summed E-state index contributed by atoms with van der Waals surface area (Å²) in [4.78, 5) is 26.0. The predicted octanol–water partition coefficient (Wildman–Crippen LogP) is 1.65. The largest absolute Gasteiger partial charge is 0.477 e. The third kappa shape index (κ3) is 4.15. The van der Waals surface area contributed by atoms with Gasteiger partial charge in [0.15, 0.2) is 6.10 Å². The summed E-state index contributed by atoms with van der Waals surface area (Å²) in [6, 6.07) is 5.65. The maximum absolute atomic E-state index is 12.2. The van der Waals surface area contributed by atoms with Crippen molar-refractivity contribution in [2.45, 2.75) is 33.3 Å². The topological polar surface area (TPSA) is 67.9 Å². The molecule has 1 heterocycles. The Balaban J connectivity index is 2.21. The van der Waals surface area contributed by atoms with Gasteiger partial charge in [0, 0.05) is 6.54 Å². The molecule has 0 spiro atoms. The van der Waals surface area contributed by atoms with Crippen LogP contribution in [0.25, 0.3) is 0 Å². The van der Waals surface area contributed by atoms with Crippen molar-refractivity contribution >= 4 is 17.6 Å². The van der Waals surface area contributed by atoms with E-state index in [1.165, 1.54) is 0 Å². The zero-order chi connectivity index (χ0) is 16.8. The van der Waals surface area contributed by atoms with Gasteiger partial charge < -0.3 is 19.7 Å². The van der Waals surface area contributed by atoms with Gasteiger partial charge in [-0.3, -0.25) is 9.59 Å². The van der Waals surface area contributed by atoms with Crippen molar-refractivity contribution in [2.75, 3.05) is 31.1 Å². The molecule has 1 unspecified atom stereocenters. The van der Waals surface area contributed by atoms with Gasteiger partial charge in [-0.05, 0) is 31.9 Å². The number of fused-ring (bicyclic) bond motifs is 1. The molecule has 0 aromatic heterocycles. The maximum Gasteiger partial charge on any atom is 0.325 e. The monoisotopic (exact) mass is 320 g/mol. The number of hydrogen-bond donors (Lipinski definition) is 1. The fourth-order valence-corrected chi connectivity index (χ4v) is 2.62. The smallest absolute Gasteiger partial charge is 0.325 e. The highest BCUT2D eigenvalue weighted by Crippen LogP contribution is 2.36. The highest BCUT2D eigenvalue weighted by Gasteiger charge is 2.32. The summed E-state index contributed by atoms with van der Waals surface area (Å²) < 4.78 is 10.9. The molecule has 1 atom stereocenters. The average molecular weight is 320 g/mol. The maximum atomic E-state index is 12.2. The Morgan fingerprint density at radius 1 is 1.39 bits per heavy atom. The van der Waals surface area contributed by atoms with E-state index in [4.69, 9.17) is 9.47 Å². The first-order chi connectivity index (χ1) is 11.1. The van der Waals surface area contributed by atoms with Crippen molar-refractivity contribution in [1.29, 1.82) is 0 Å². The van der Waals surface area contributed by atoms with Crippen LogP contribution in [0.3, 0.4) is 0 Å². The number of para-hydroxylation sites is 1. The van der Waals surface area contributed by atoms with Gasteiger partial charge in [-0.1, -0.05) is 19.1 Å². The van der Waals surface area contributed by atoms with Gasteiger partial charge in [-0.2, -0.15) is 0 Å². The van der Waals surface area contributed by atoms with E-state index in [-0.39, 0.29) is 18.4 Å². The van der Waals surface area contributed by atoms with Crippen molar-refractivity contribution in [3.05, 3.63) is 23.8 Å². The number of carbonyl (C=O) groups is 2. The number of ether oxygens (including phenoxy) is 2. The lowest BCUT2D eigenvalue weighted by molar-refractivity contribution is -0.141. The summed E-state index contributed by atoms with van der Waals surface area (Å²) in [5.74, 6) is 0.154. The first-order valence-electron chi connectivity index (χ1n) is 8.01. The number of nitrogens with one attached hydrogen (secondary N) is 1. The summed E-state index contributed by atoms with van der Waals surface area (Å²) in [5, 5.41) is 2.84. The summed E-state index contributed by atoms with van der Waals surface area (Å²) in [6.07, 6.45) is 0.228. The van der Waals surface area contributed by atoms with Crippen LogP contribution in [0.1, 0.15) is 25.8 Å². The van der Waals surface area contributed by atoms with Crippen molar-refractivity contribution in [1.82, 2.24) is 5.32 Å². The molecule has 0 bridgehead atoms. The molecule has 1 aromatic carbocycles. The molecule has 1 amide bonds. The zero-order valence-corrected chi connectivity index (χ0v) is 13.9. The quantitative estimate of drug-likeness (QED) is 0.807. The van der Waals surface area contributed by atoms with Crippen LogP contribution in [0, 0.1) is 6.92 Å². The molecule has 6 heteroatoms. The molecule has 1 aliphatic rings. The Morgan fingerprint density at radius 2 is 2.17 bits per heavy atom. The number of carbonyl (C=O) groups excluding carboxylic acids is 2. The van der Waals surface area contributed by atoms with Crippen LogP contribution in [0.2, 0.25) is 0 Å². The van der Waals surface area contributed by atoms with Crippen LogP contribution >= 0.6 is 0 Å². The molecule has 1 aromatic rings. The normalized spacial score (nSPS) is 16.3. The minimum Gasteiger partial charge on any atom is -0.477 e. The van der Waals surface area contributed by atoms with Crippen molar-refractivity contribution in [3.8, 4) is 5.75 Å². The lowest BCUT2D eigenvalue weighted by atomic mass is 10.1. The van der Waals surface area contributed by atoms with Crippen LogP contribution in [0.15, 0.2) is 18.2 Å². The van der Waals surface area contributed by atoms with Crippen LogP contribution in [0.4, 0.5) is 5.69 Å². The molecule has 0 radical (unpaired) electrons. The van der Waals surface area contributed by atoms with E-state index in [1.807, 2.05) is 36.9 Å². The molecule has 1 N–H and O–H groups in total. The standard InChI is InChI=1S/C17H24N2O4/c1-4-9-18-17(21)14-10-19(11-15(20)22-5-2)16-12(3)7-6-8-13(16)23-14/h6-8,14H,4-5,9-11H2,1-3H3,(H,18,21). The first-order valence-corrected chi connectivity index (χ1v) is 8.01. The number of anilines is 1. The van der Waals surface area contributed by atoms with Crippen LogP contribution < -0.4 is 15.0 Å². The zero-order valence-electron chi connectivity index (χ0n) is 13.9. The lowest BCUT2D eigenvalue weighted by Gasteiger charge is -2.36. The van der Waals surface area contributed by atoms with Gasteiger partial charge in [0.05, 0.1) is 18.8 Å². The molecule has 0 saturated heterocycles. The number of benzene rings is 1. The summed E-state index contributed by atoms with van der Waals surface area (Å²) >= 11 is 0. The average Bonchev–Trinajstić information content (AvgIpc) is 2.52. The lowest BCUT2D eigenvalue weighted by Crippen LogP contribution is -2.50. The van der Waals surface area contributed by atoms with E-state index in [0.29, 0.717) is 25.4 Å². The molecule has 2 rings (SSSR count). The Hall–Kier alpha value is -2.24. The number of rotatable bonds is 6. The van der Waals surface area contributed by atoms with Crippen LogP contribution in [-0.2, 0) is 14.3 Å². The molecule has 0 fully saturated rings.